The zero-order chi connectivity index (χ0) is 12.2. The quantitative estimate of drug-likeness (QED) is 0.417. The third-order valence-corrected chi connectivity index (χ3v) is 2.01. The molecule has 5 nitrogen and oxygen atoms in total. The van der Waals surface area contributed by atoms with Crippen molar-refractivity contribution in [3.05, 3.63) is 11.3 Å². The molecule has 0 bridgehead atoms. The number of methoxy groups -OCH3 is 1. The fourth-order valence-electron chi connectivity index (χ4n) is 0.848. The number of amides is 1. The molecule has 0 aliphatic rings. The standard InChI is InChI=1S/C10H17NO4/c1-6(7(2)12)8(13)11-10(3,4)9(14)15-5/h12H,1-5H3,(H,11,13)/b7-6-. The van der Waals surface area contributed by atoms with Crippen LogP contribution in [0.3, 0.4) is 0 Å². The molecule has 0 aliphatic carbocycles. The van der Waals surface area contributed by atoms with Crippen LogP contribution in [-0.2, 0) is 14.3 Å². The molecule has 0 spiro atoms. The summed E-state index contributed by atoms with van der Waals surface area (Å²) >= 11 is 0. The van der Waals surface area contributed by atoms with Gasteiger partial charge in [0.1, 0.15) is 5.54 Å². The van der Waals surface area contributed by atoms with E-state index in [4.69, 9.17) is 5.11 Å². The lowest BCUT2D eigenvalue weighted by atomic mass is 10.1. The second-order valence-electron chi connectivity index (χ2n) is 3.78. The highest BCUT2D eigenvalue weighted by atomic mass is 16.5. The van der Waals surface area contributed by atoms with E-state index in [1.165, 1.54) is 34.8 Å². The van der Waals surface area contributed by atoms with E-state index in [-0.39, 0.29) is 11.3 Å². The number of rotatable bonds is 3. The zero-order valence-electron chi connectivity index (χ0n) is 9.67. The van der Waals surface area contributed by atoms with E-state index in [1.807, 2.05) is 0 Å². The number of carbonyl (C=O) groups is 2. The Hall–Kier alpha value is -1.52. The van der Waals surface area contributed by atoms with Crippen LogP contribution in [0.4, 0.5) is 0 Å². The maximum atomic E-state index is 11.5. The van der Waals surface area contributed by atoms with Crippen molar-refractivity contribution in [2.45, 2.75) is 33.2 Å². The SMILES string of the molecule is COC(=O)C(C)(C)NC(=O)/C(C)=C(/C)O. The maximum Gasteiger partial charge on any atom is 0.330 e. The first-order valence-electron chi connectivity index (χ1n) is 4.49. The van der Waals surface area contributed by atoms with Crippen molar-refractivity contribution in [1.29, 1.82) is 0 Å². The molecular formula is C10H17NO4. The summed E-state index contributed by atoms with van der Waals surface area (Å²) in [6, 6.07) is 0. The summed E-state index contributed by atoms with van der Waals surface area (Å²) in [7, 11) is 1.25. The van der Waals surface area contributed by atoms with Gasteiger partial charge in [0, 0.05) is 0 Å². The Balaban J connectivity index is 4.69. The van der Waals surface area contributed by atoms with E-state index in [9.17, 15) is 9.59 Å². The second kappa shape index (κ2) is 4.82. The van der Waals surface area contributed by atoms with Gasteiger partial charge < -0.3 is 15.2 Å². The Morgan fingerprint density at radius 1 is 1.27 bits per heavy atom. The average Bonchev–Trinajstić information content (AvgIpc) is 2.14. The van der Waals surface area contributed by atoms with Crippen LogP contribution in [0.25, 0.3) is 0 Å². The van der Waals surface area contributed by atoms with E-state index in [0.29, 0.717) is 0 Å². The predicted molar refractivity (Wildman–Crippen MR) is 55.2 cm³/mol. The van der Waals surface area contributed by atoms with Gasteiger partial charge >= 0.3 is 5.97 Å². The molecule has 0 saturated heterocycles. The summed E-state index contributed by atoms with van der Waals surface area (Å²) in [5.74, 6) is -1.11. The smallest absolute Gasteiger partial charge is 0.330 e. The highest BCUT2D eigenvalue weighted by molar-refractivity contribution is 5.97. The molecule has 0 radical (unpaired) electrons. The van der Waals surface area contributed by atoms with Crippen molar-refractivity contribution in [2.75, 3.05) is 7.11 Å². The number of hydrogen-bond donors (Lipinski definition) is 2. The van der Waals surface area contributed by atoms with Crippen LogP contribution >= 0.6 is 0 Å². The van der Waals surface area contributed by atoms with Crippen LogP contribution in [0.1, 0.15) is 27.7 Å². The van der Waals surface area contributed by atoms with Gasteiger partial charge in [-0.05, 0) is 27.7 Å². The van der Waals surface area contributed by atoms with Crippen LogP contribution in [0, 0.1) is 0 Å². The summed E-state index contributed by atoms with van der Waals surface area (Å²) in [4.78, 5) is 22.7. The summed E-state index contributed by atoms with van der Waals surface area (Å²) in [5, 5.41) is 11.5. The van der Waals surface area contributed by atoms with Crippen LogP contribution in [-0.4, -0.2) is 29.6 Å². The molecule has 0 rings (SSSR count). The number of nitrogens with one attached hydrogen (secondary N) is 1. The average molecular weight is 215 g/mol. The van der Waals surface area contributed by atoms with Gasteiger partial charge in [-0.15, -0.1) is 0 Å². The first-order chi connectivity index (χ1) is 6.72. The number of hydrogen-bond acceptors (Lipinski definition) is 4. The third kappa shape index (κ3) is 3.61. The molecule has 0 fully saturated rings. The first-order valence-corrected chi connectivity index (χ1v) is 4.49. The van der Waals surface area contributed by atoms with Gasteiger partial charge in [0.15, 0.2) is 0 Å². The predicted octanol–water partition coefficient (Wildman–Crippen LogP) is 0.906. The van der Waals surface area contributed by atoms with Crippen molar-refractivity contribution in [3.8, 4) is 0 Å². The largest absolute Gasteiger partial charge is 0.512 e. The molecule has 5 heteroatoms. The van der Waals surface area contributed by atoms with Gasteiger partial charge in [0.2, 0.25) is 0 Å². The molecule has 2 N–H and O–H groups in total. The number of esters is 1. The topological polar surface area (TPSA) is 75.6 Å². The van der Waals surface area contributed by atoms with Gasteiger partial charge in [-0.25, -0.2) is 4.79 Å². The molecule has 0 aromatic heterocycles. The molecule has 15 heavy (non-hydrogen) atoms. The number of allylic oxidation sites excluding steroid dienone is 1. The molecule has 0 unspecified atom stereocenters. The van der Waals surface area contributed by atoms with Gasteiger partial charge in [0.05, 0.1) is 18.4 Å². The Bertz CT molecular complexity index is 301. The Labute approximate surface area is 89.1 Å². The van der Waals surface area contributed by atoms with Gasteiger partial charge in [-0.1, -0.05) is 0 Å². The van der Waals surface area contributed by atoms with Crippen molar-refractivity contribution >= 4 is 11.9 Å². The van der Waals surface area contributed by atoms with E-state index in [2.05, 4.69) is 10.1 Å². The molecule has 0 heterocycles. The van der Waals surface area contributed by atoms with E-state index >= 15 is 0 Å². The Kier molecular flexibility index (Phi) is 4.33. The zero-order valence-corrected chi connectivity index (χ0v) is 9.67. The number of carbonyl (C=O) groups excluding carboxylic acids is 2. The lowest BCUT2D eigenvalue weighted by Crippen LogP contribution is -2.50. The van der Waals surface area contributed by atoms with Crippen LogP contribution < -0.4 is 5.32 Å². The van der Waals surface area contributed by atoms with Crippen molar-refractivity contribution in [1.82, 2.24) is 5.32 Å². The third-order valence-electron chi connectivity index (χ3n) is 2.01. The highest BCUT2D eigenvalue weighted by Crippen LogP contribution is 2.07. The van der Waals surface area contributed by atoms with E-state index in [1.54, 1.807) is 0 Å². The minimum atomic E-state index is -1.11. The highest BCUT2D eigenvalue weighted by Gasteiger charge is 2.31. The fourth-order valence-corrected chi connectivity index (χ4v) is 0.848. The minimum absolute atomic E-state index is 0.0758. The summed E-state index contributed by atoms with van der Waals surface area (Å²) in [6.45, 7) is 5.92. The van der Waals surface area contributed by atoms with Crippen molar-refractivity contribution in [3.63, 3.8) is 0 Å². The first kappa shape index (κ1) is 13.5. The molecule has 1 amide bonds. The van der Waals surface area contributed by atoms with Gasteiger partial charge in [-0.3, -0.25) is 4.79 Å². The van der Waals surface area contributed by atoms with Crippen molar-refractivity contribution in [2.24, 2.45) is 0 Å². The molecule has 0 aromatic rings. The number of ether oxygens (including phenoxy) is 1. The van der Waals surface area contributed by atoms with Crippen LogP contribution in [0.2, 0.25) is 0 Å². The van der Waals surface area contributed by atoms with Gasteiger partial charge in [-0.2, -0.15) is 0 Å². The maximum absolute atomic E-state index is 11.5. The van der Waals surface area contributed by atoms with Gasteiger partial charge in [0.25, 0.3) is 5.91 Å². The molecule has 0 aliphatic heterocycles. The summed E-state index contributed by atoms with van der Waals surface area (Å²) in [6.07, 6.45) is 0. The molecule has 0 atom stereocenters. The normalized spacial score (nSPS) is 12.9. The molecule has 0 saturated carbocycles. The molecule has 0 aromatic carbocycles. The van der Waals surface area contributed by atoms with Crippen LogP contribution in [0.5, 0.6) is 0 Å². The Morgan fingerprint density at radius 2 is 1.73 bits per heavy atom. The summed E-state index contributed by atoms with van der Waals surface area (Å²) in [5.41, 5.74) is -0.935. The second-order valence-corrected chi connectivity index (χ2v) is 3.78. The lowest BCUT2D eigenvalue weighted by molar-refractivity contribution is -0.148. The molecular weight excluding hydrogens is 198 g/mol. The minimum Gasteiger partial charge on any atom is -0.512 e. The number of aliphatic hydroxyl groups excluding tert-OH is 1. The number of aliphatic hydroxyl groups is 1. The van der Waals surface area contributed by atoms with E-state index < -0.39 is 17.4 Å². The molecule has 86 valence electrons. The van der Waals surface area contributed by atoms with E-state index in [0.717, 1.165) is 0 Å². The van der Waals surface area contributed by atoms with Crippen molar-refractivity contribution < 1.29 is 19.4 Å². The monoisotopic (exact) mass is 215 g/mol. The summed E-state index contributed by atoms with van der Waals surface area (Å²) < 4.78 is 4.52. The lowest BCUT2D eigenvalue weighted by Gasteiger charge is -2.23. The van der Waals surface area contributed by atoms with Crippen LogP contribution in [0.15, 0.2) is 11.3 Å². The fraction of sp³-hybridized carbons (Fsp3) is 0.600. The Morgan fingerprint density at radius 3 is 2.07 bits per heavy atom.